The van der Waals surface area contributed by atoms with Crippen molar-refractivity contribution in [3.63, 3.8) is 0 Å². The van der Waals surface area contributed by atoms with E-state index in [1.165, 1.54) is 17.0 Å². The van der Waals surface area contributed by atoms with Crippen LogP contribution in [0.1, 0.15) is 17.5 Å². The molecule has 0 spiro atoms. The fourth-order valence-electron chi connectivity index (χ4n) is 2.88. The van der Waals surface area contributed by atoms with Gasteiger partial charge in [0.05, 0.1) is 12.1 Å². The number of thioether (sulfide) groups is 1. The lowest BCUT2D eigenvalue weighted by Gasteiger charge is -2.39. The third-order valence-corrected chi connectivity index (χ3v) is 4.96. The van der Waals surface area contributed by atoms with Crippen LogP contribution in [0.3, 0.4) is 0 Å². The minimum atomic E-state index is -0.540. The number of rotatable bonds is 3. The molecule has 3 rings (SSSR count). The van der Waals surface area contributed by atoms with E-state index < -0.39 is 5.54 Å². The van der Waals surface area contributed by atoms with Gasteiger partial charge in [-0.25, -0.2) is 4.39 Å². The molecule has 2 aromatic carbocycles. The first kappa shape index (κ1) is 14.4. The Bertz CT molecular complexity index is 641. The van der Waals surface area contributed by atoms with Gasteiger partial charge in [-0.05, 0) is 48.7 Å². The molecule has 2 N–H and O–H groups in total. The lowest BCUT2D eigenvalue weighted by atomic mass is 9.87. The van der Waals surface area contributed by atoms with E-state index in [2.05, 4.69) is 11.4 Å². The Hall–Kier alpha value is -1.52. The molecule has 110 valence electrons. The second-order valence-corrected chi connectivity index (χ2v) is 6.61. The van der Waals surface area contributed by atoms with Gasteiger partial charge in [0, 0.05) is 16.3 Å². The number of benzene rings is 2. The second kappa shape index (κ2) is 5.70. The summed E-state index contributed by atoms with van der Waals surface area (Å²) in [5.74, 6) is 0.669. The van der Waals surface area contributed by atoms with Gasteiger partial charge >= 0.3 is 0 Å². The molecule has 0 aromatic heterocycles. The van der Waals surface area contributed by atoms with Crippen molar-refractivity contribution in [3.8, 4) is 0 Å². The quantitative estimate of drug-likeness (QED) is 0.901. The van der Waals surface area contributed by atoms with Crippen molar-refractivity contribution in [3.05, 3.63) is 59.4 Å². The lowest BCUT2D eigenvalue weighted by Crippen LogP contribution is -2.42. The Morgan fingerprint density at radius 2 is 2.10 bits per heavy atom. The first-order valence-electron chi connectivity index (χ1n) is 7.01. The molecule has 0 bridgehead atoms. The predicted octanol–water partition coefficient (Wildman–Crippen LogP) is 3.93. The zero-order valence-electron chi connectivity index (χ0n) is 11.9. The molecule has 1 unspecified atom stereocenters. The number of hydrogen-bond donors (Lipinski definition) is 2. The first-order valence-corrected chi connectivity index (χ1v) is 8.00. The van der Waals surface area contributed by atoms with Crippen molar-refractivity contribution in [1.82, 2.24) is 0 Å². The summed E-state index contributed by atoms with van der Waals surface area (Å²) < 4.78 is 13.6. The number of nitrogens with one attached hydrogen (secondary N) is 1. The van der Waals surface area contributed by atoms with Crippen LogP contribution in [0, 0.1) is 12.7 Å². The molecular formula is C17H18FNOS. The third-order valence-electron chi connectivity index (χ3n) is 3.88. The number of hydrogen-bond acceptors (Lipinski definition) is 3. The normalized spacial score (nSPS) is 20.9. The van der Waals surface area contributed by atoms with Gasteiger partial charge in [-0.3, -0.25) is 0 Å². The number of aryl methyl sites for hydroxylation is 1. The van der Waals surface area contributed by atoms with Gasteiger partial charge in [0.15, 0.2) is 0 Å². The SMILES string of the molecule is Cc1cc(F)cc(NC2(CO)CCSc3ccccc32)c1. The average molecular weight is 303 g/mol. The highest BCUT2D eigenvalue weighted by atomic mass is 32.2. The highest BCUT2D eigenvalue weighted by molar-refractivity contribution is 7.99. The molecule has 0 saturated carbocycles. The Balaban J connectivity index is 2.02. The minimum Gasteiger partial charge on any atom is -0.394 e. The molecule has 21 heavy (non-hydrogen) atoms. The summed E-state index contributed by atoms with van der Waals surface area (Å²) in [6.45, 7) is 1.85. The largest absolute Gasteiger partial charge is 0.394 e. The molecule has 1 aliphatic heterocycles. The fourth-order valence-corrected chi connectivity index (χ4v) is 4.14. The molecule has 1 aliphatic rings. The monoisotopic (exact) mass is 303 g/mol. The van der Waals surface area contributed by atoms with E-state index >= 15 is 0 Å². The molecule has 2 nitrogen and oxygen atoms in total. The Morgan fingerprint density at radius 3 is 2.86 bits per heavy atom. The minimum absolute atomic E-state index is 0.0138. The Labute approximate surface area is 128 Å². The molecule has 0 aliphatic carbocycles. The summed E-state index contributed by atoms with van der Waals surface area (Å²) in [4.78, 5) is 1.18. The molecular weight excluding hydrogens is 285 g/mol. The smallest absolute Gasteiger partial charge is 0.125 e. The van der Waals surface area contributed by atoms with Crippen LogP contribution in [-0.2, 0) is 5.54 Å². The van der Waals surface area contributed by atoms with Crippen LogP contribution in [-0.4, -0.2) is 17.5 Å². The van der Waals surface area contributed by atoms with Gasteiger partial charge < -0.3 is 10.4 Å². The summed E-state index contributed by atoms with van der Waals surface area (Å²) in [5.41, 5.74) is 2.13. The van der Waals surface area contributed by atoms with Gasteiger partial charge in [-0.15, -0.1) is 11.8 Å². The molecule has 0 amide bonds. The number of aliphatic hydroxyl groups is 1. The fraction of sp³-hybridized carbons (Fsp3) is 0.294. The van der Waals surface area contributed by atoms with E-state index in [1.807, 2.05) is 31.2 Å². The number of anilines is 1. The molecule has 0 radical (unpaired) electrons. The van der Waals surface area contributed by atoms with E-state index in [1.54, 1.807) is 11.8 Å². The zero-order valence-corrected chi connectivity index (χ0v) is 12.7. The van der Waals surface area contributed by atoms with Crippen LogP contribution in [0.2, 0.25) is 0 Å². The molecule has 1 atom stereocenters. The standard InChI is InChI=1S/C17H18FNOS/c1-12-8-13(18)10-14(9-12)19-17(11-20)6-7-21-16-5-3-2-4-15(16)17/h2-5,8-10,19-20H,6-7,11H2,1H3. The van der Waals surface area contributed by atoms with Crippen molar-refractivity contribution in [2.75, 3.05) is 17.7 Å². The predicted molar refractivity (Wildman–Crippen MR) is 85.3 cm³/mol. The van der Waals surface area contributed by atoms with Crippen LogP contribution in [0.25, 0.3) is 0 Å². The number of aliphatic hydroxyl groups excluding tert-OH is 1. The zero-order chi connectivity index (χ0) is 14.9. The third kappa shape index (κ3) is 2.78. The van der Waals surface area contributed by atoms with E-state index in [0.717, 1.165) is 23.3 Å². The summed E-state index contributed by atoms with van der Waals surface area (Å²) in [7, 11) is 0. The Kier molecular flexibility index (Phi) is 3.91. The van der Waals surface area contributed by atoms with Crippen molar-refractivity contribution in [2.24, 2.45) is 0 Å². The maximum atomic E-state index is 13.6. The van der Waals surface area contributed by atoms with Crippen molar-refractivity contribution in [1.29, 1.82) is 0 Å². The van der Waals surface area contributed by atoms with Crippen LogP contribution in [0.4, 0.5) is 10.1 Å². The molecule has 0 saturated heterocycles. The molecule has 1 heterocycles. The molecule has 0 fully saturated rings. The van der Waals surface area contributed by atoms with Gasteiger partial charge in [-0.1, -0.05) is 18.2 Å². The first-order chi connectivity index (χ1) is 10.1. The molecule has 4 heteroatoms. The maximum absolute atomic E-state index is 13.6. The van der Waals surface area contributed by atoms with E-state index in [-0.39, 0.29) is 12.4 Å². The summed E-state index contributed by atoms with van der Waals surface area (Å²) >= 11 is 1.80. The number of fused-ring (bicyclic) bond motifs is 1. The van der Waals surface area contributed by atoms with Gasteiger partial charge in [0.25, 0.3) is 0 Å². The maximum Gasteiger partial charge on any atom is 0.125 e. The van der Waals surface area contributed by atoms with Crippen LogP contribution >= 0.6 is 11.8 Å². The topological polar surface area (TPSA) is 32.3 Å². The van der Waals surface area contributed by atoms with Crippen molar-refractivity contribution in [2.45, 2.75) is 23.8 Å². The van der Waals surface area contributed by atoms with Gasteiger partial charge in [0.1, 0.15) is 5.82 Å². The van der Waals surface area contributed by atoms with E-state index in [4.69, 9.17) is 0 Å². The van der Waals surface area contributed by atoms with Gasteiger partial charge in [0.2, 0.25) is 0 Å². The van der Waals surface area contributed by atoms with Gasteiger partial charge in [-0.2, -0.15) is 0 Å². The highest BCUT2D eigenvalue weighted by Gasteiger charge is 2.36. The van der Waals surface area contributed by atoms with Crippen molar-refractivity contribution < 1.29 is 9.50 Å². The molecule has 2 aromatic rings. The highest BCUT2D eigenvalue weighted by Crippen LogP contribution is 2.42. The van der Waals surface area contributed by atoms with E-state index in [9.17, 15) is 9.50 Å². The van der Waals surface area contributed by atoms with Crippen LogP contribution in [0.15, 0.2) is 47.4 Å². The van der Waals surface area contributed by atoms with Crippen LogP contribution < -0.4 is 5.32 Å². The van der Waals surface area contributed by atoms with E-state index in [0.29, 0.717) is 5.69 Å². The summed E-state index contributed by atoms with van der Waals surface area (Å²) in [5, 5.41) is 13.4. The second-order valence-electron chi connectivity index (χ2n) is 5.48. The van der Waals surface area contributed by atoms with Crippen LogP contribution in [0.5, 0.6) is 0 Å². The average Bonchev–Trinajstić information content (AvgIpc) is 2.46. The summed E-state index contributed by atoms with van der Waals surface area (Å²) in [6.07, 6.45) is 0.806. The van der Waals surface area contributed by atoms with Crippen molar-refractivity contribution >= 4 is 17.4 Å². The summed E-state index contributed by atoms with van der Waals surface area (Å²) in [6, 6.07) is 13.0. The lowest BCUT2D eigenvalue weighted by molar-refractivity contribution is 0.205. The number of halogens is 1. The Morgan fingerprint density at radius 1 is 1.29 bits per heavy atom.